The molecule has 0 aromatic rings. The molecule has 1 aliphatic rings. The molecule has 19 heavy (non-hydrogen) atoms. The molecule has 0 aromatic carbocycles. The number of nitrogens with one attached hydrogen (secondary N) is 1. The SMILES string of the molecule is CCCCCCC(NC)C1(OCC)CCCCCC1. The van der Waals surface area contributed by atoms with E-state index in [1.165, 1.54) is 70.6 Å². The van der Waals surface area contributed by atoms with Gasteiger partial charge in [-0.3, -0.25) is 0 Å². The van der Waals surface area contributed by atoms with Gasteiger partial charge in [-0.25, -0.2) is 0 Å². The van der Waals surface area contributed by atoms with E-state index in [9.17, 15) is 0 Å². The Morgan fingerprint density at radius 2 is 1.68 bits per heavy atom. The number of ether oxygens (including phenoxy) is 1. The molecule has 114 valence electrons. The van der Waals surface area contributed by atoms with Gasteiger partial charge in [0, 0.05) is 12.6 Å². The first-order chi connectivity index (χ1) is 9.29. The minimum Gasteiger partial charge on any atom is -0.374 e. The van der Waals surface area contributed by atoms with Crippen molar-refractivity contribution in [2.45, 2.75) is 96.1 Å². The maximum Gasteiger partial charge on any atom is 0.0834 e. The van der Waals surface area contributed by atoms with Crippen LogP contribution >= 0.6 is 0 Å². The van der Waals surface area contributed by atoms with Gasteiger partial charge in [-0.2, -0.15) is 0 Å². The quantitative estimate of drug-likeness (QED) is 0.485. The summed E-state index contributed by atoms with van der Waals surface area (Å²) in [7, 11) is 2.12. The summed E-state index contributed by atoms with van der Waals surface area (Å²) in [4.78, 5) is 0. The summed E-state index contributed by atoms with van der Waals surface area (Å²) in [6.07, 6.45) is 14.6. The molecule has 0 bridgehead atoms. The van der Waals surface area contributed by atoms with Crippen LogP contribution in [-0.4, -0.2) is 25.3 Å². The highest BCUT2D eigenvalue weighted by molar-refractivity contribution is 4.94. The monoisotopic (exact) mass is 269 g/mol. The van der Waals surface area contributed by atoms with Crippen LogP contribution in [0.2, 0.25) is 0 Å². The van der Waals surface area contributed by atoms with Crippen LogP contribution in [0, 0.1) is 0 Å². The van der Waals surface area contributed by atoms with Gasteiger partial charge in [0.25, 0.3) is 0 Å². The molecule has 1 fully saturated rings. The Hall–Kier alpha value is -0.0800. The van der Waals surface area contributed by atoms with Gasteiger partial charge in [0.05, 0.1) is 5.60 Å². The van der Waals surface area contributed by atoms with E-state index in [4.69, 9.17) is 4.74 Å². The van der Waals surface area contributed by atoms with Gasteiger partial charge in [-0.05, 0) is 33.2 Å². The van der Waals surface area contributed by atoms with Crippen LogP contribution in [0.5, 0.6) is 0 Å². The van der Waals surface area contributed by atoms with Crippen molar-refractivity contribution in [1.29, 1.82) is 0 Å². The molecular formula is C17H35NO. The van der Waals surface area contributed by atoms with Crippen molar-refractivity contribution < 1.29 is 4.74 Å². The third kappa shape index (κ3) is 5.43. The molecule has 2 nitrogen and oxygen atoms in total. The summed E-state index contributed by atoms with van der Waals surface area (Å²) >= 11 is 0. The van der Waals surface area contributed by atoms with Crippen molar-refractivity contribution in [3.63, 3.8) is 0 Å². The van der Waals surface area contributed by atoms with Gasteiger partial charge in [-0.15, -0.1) is 0 Å². The van der Waals surface area contributed by atoms with Crippen LogP contribution in [0.15, 0.2) is 0 Å². The van der Waals surface area contributed by atoms with Gasteiger partial charge < -0.3 is 10.1 Å². The minimum absolute atomic E-state index is 0.117. The summed E-state index contributed by atoms with van der Waals surface area (Å²) in [5.41, 5.74) is 0.117. The predicted molar refractivity (Wildman–Crippen MR) is 83.7 cm³/mol. The molecule has 0 saturated heterocycles. The zero-order valence-corrected chi connectivity index (χ0v) is 13.5. The van der Waals surface area contributed by atoms with Crippen LogP contribution in [-0.2, 0) is 4.74 Å². The molecule has 0 spiro atoms. The molecule has 1 aliphatic carbocycles. The molecule has 0 aliphatic heterocycles. The van der Waals surface area contributed by atoms with Gasteiger partial charge in [0.2, 0.25) is 0 Å². The van der Waals surface area contributed by atoms with E-state index in [1.807, 2.05) is 0 Å². The van der Waals surface area contributed by atoms with Gasteiger partial charge in [0.15, 0.2) is 0 Å². The molecule has 0 aromatic heterocycles. The Labute approximate surface area is 120 Å². The van der Waals surface area contributed by atoms with E-state index >= 15 is 0 Å². The van der Waals surface area contributed by atoms with Crippen LogP contribution in [0.3, 0.4) is 0 Å². The molecular weight excluding hydrogens is 234 g/mol. The summed E-state index contributed by atoms with van der Waals surface area (Å²) in [6.45, 7) is 5.28. The molecule has 1 unspecified atom stereocenters. The van der Waals surface area contributed by atoms with Crippen molar-refractivity contribution in [2.75, 3.05) is 13.7 Å². The lowest BCUT2D eigenvalue weighted by Gasteiger charge is -2.40. The summed E-state index contributed by atoms with van der Waals surface area (Å²) in [6, 6.07) is 0.544. The molecule has 2 heteroatoms. The maximum absolute atomic E-state index is 6.30. The second-order valence-electron chi connectivity index (χ2n) is 6.10. The summed E-state index contributed by atoms with van der Waals surface area (Å²) in [5, 5.41) is 3.58. The average Bonchev–Trinajstić information content (AvgIpc) is 2.66. The largest absolute Gasteiger partial charge is 0.374 e. The fourth-order valence-corrected chi connectivity index (χ4v) is 3.65. The number of likely N-dealkylation sites (N-methyl/N-ethyl adjacent to an activating group) is 1. The first kappa shape index (κ1) is 17.0. The molecule has 0 radical (unpaired) electrons. The van der Waals surface area contributed by atoms with Crippen molar-refractivity contribution in [3.05, 3.63) is 0 Å². The van der Waals surface area contributed by atoms with E-state index in [0.29, 0.717) is 6.04 Å². The van der Waals surface area contributed by atoms with Gasteiger partial charge >= 0.3 is 0 Å². The minimum atomic E-state index is 0.117. The fourth-order valence-electron chi connectivity index (χ4n) is 3.65. The zero-order valence-electron chi connectivity index (χ0n) is 13.5. The number of unbranched alkanes of at least 4 members (excludes halogenated alkanes) is 3. The second kappa shape index (κ2) is 9.77. The summed E-state index contributed by atoms with van der Waals surface area (Å²) in [5.74, 6) is 0. The Morgan fingerprint density at radius 3 is 2.21 bits per heavy atom. The van der Waals surface area contributed by atoms with Crippen molar-refractivity contribution >= 4 is 0 Å². The number of rotatable bonds is 9. The zero-order chi connectivity index (χ0) is 14.0. The first-order valence-electron chi connectivity index (χ1n) is 8.60. The third-order valence-electron chi connectivity index (χ3n) is 4.71. The lowest BCUT2D eigenvalue weighted by Crippen LogP contribution is -2.51. The predicted octanol–water partition coefficient (Wildman–Crippen LogP) is 4.67. The molecule has 1 atom stereocenters. The van der Waals surface area contributed by atoms with Crippen LogP contribution in [0.25, 0.3) is 0 Å². The molecule has 0 amide bonds. The Balaban J connectivity index is 2.58. The topological polar surface area (TPSA) is 21.3 Å². The Kier molecular flexibility index (Phi) is 8.72. The molecule has 0 heterocycles. The molecule has 1 rings (SSSR count). The van der Waals surface area contributed by atoms with E-state index < -0.39 is 0 Å². The number of hydrogen-bond acceptors (Lipinski definition) is 2. The highest BCUT2D eigenvalue weighted by Crippen LogP contribution is 2.35. The van der Waals surface area contributed by atoms with Crippen LogP contribution in [0.1, 0.15) is 84.5 Å². The van der Waals surface area contributed by atoms with E-state index in [-0.39, 0.29) is 5.60 Å². The van der Waals surface area contributed by atoms with Crippen LogP contribution in [0.4, 0.5) is 0 Å². The van der Waals surface area contributed by atoms with Gasteiger partial charge in [-0.1, -0.05) is 58.3 Å². The van der Waals surface area contributed by atoms with E-state index in [1.54, 1.807) is 0 Å². The smallest absolute Gasteiger partial charge is 0.0834 e. The highest BCUT2D eigenvalue weighted by Gasteiger charge is 2.38. The van der Waals surface area contributed by atoms with Gasteiger partial charge in [0.1, 0.15) is 0 Å². The highest BCUT2D eigenvalue weighted by atomic mass is 16.5. The third-order valence-corrected chi connectivity index (χ3v) is 4.71. The maximum atomic E-state index is 6.30. The second-order valence-corrected chi connectivity index (χ2v) is 6.10. The Bertz CT molecular complexity index is 209. The number of hydrogen-bond donors (Lipinski definition) is 1. The van der Waals surface area contributed by atoms with Crippen molar-refractivity contribution in [1.82, 2.24) is 5.32 Å². The van der Waals surface area contributed by atoms with E-state index in [0.717, 1.165) is 6.61 Å². The van der Waals surface area contributed by atoms with Crippen LogP contribution < -0.4 is 5.32 Å². The van der Waals surface area contributed by atoms with Crippen molar-refractivity contribution in [3.8, 4) is 0 Å². The lowest BCUT2D eigenvalue weighted by atomic mass is 9.83. The molecule has 1 N–H and O–H groups in total. The van der Waals surface area contributed by atoms with Crippen molar-refractivity contribution in [2.24, 2.45) is 0 Å². The lowest BCUT2D eigenvalue weighted by molar-refractivity contribution is -0.0774. The normalized spacial score (nSPS) is 21.0. The molecule has 1 saturated carbocycles. The average molecular weight is 269 g/mol. The first-order valence-corrected chi connectivity index (χ1v) is 8.60. The fraction of sp³-hybridized carbons (Fsp3) is 1.00. The summed E-state index contributed by atoms with van der Waals surface area (Å²) < 4.78 is 6.30. The Morgan fingerprint density at radius 1 is 1.00 bits per heavy atom. The standard InChI is InChI=1S/C17H35NO/c1-4-6-7-10-13-16(18-3)17(19-5-2)14-11-8-9-12-15-17/h16,18H,4-15H2,1-3H3. The van der Waals surface area contributed by atoms with E-state index in [2.05, 4.69) is 26.2 Å².